The van der Waals surface area contributed by atoms with Crippen LogP contribution in [0.15, 0.2) is 48.8 Å². The van der Waals surface area contributed by atoms with Crippen LogP contribution in [0.2, 0.25) is 10.0 Å². The molecule has 1 fully saturated rings. The van der Waals surface area contributed by atoms with E-state index in [4.69, 9.17) is 37.4 Å². The molecule has 188 valence electrons. The highest BCUT2D eigenvalue weighted by atomic mass is 35.5. The molecule has 1 aromatic heterocycles. The number of hydrogen-bond acceptors (Lipinski definition) is 6. The van der Waals surface area contributed by atoms with Crippen LogP contribution in [0.1, 0.15) is 24.0 Å². The van der Waals surface area contributed by atoms with E-state index in [1.165, 1.54) is 0 Å². The van der Waals surface area contributed by atoms with Gasteiger partial charge in [0.05, 0.1) is 29.9 Å². The second kappa shape index (κ2) is 11.5. The molecule has 0 bridgehead atoms. The molecule has 0 atom stereocenters. The molecule has 0 radical (unpaired) electrons. The highest BCUT2D eigenvalue weighted by Gasteiger charge is 2.33. The molecular formula is C26H31Cl2N3O4. The Kier molecular flexibility index (Phi) is 8.44. The van der Waals surface area contributed by atoms with Crippen LogP contribution in [0.4, 0.5) is 0 Å². The van der Waals surface area contributed by atoms with E-state index in [2.05, 4.69) is 16.1 Å². The van der Waals surface area contributed by atoms with E-state index in [1.54, 1.807) is 25.3 Å². The number of benzene rings is 2. The van der Waals surface area contributed by atoms with Crippen LogP contribution in [-0.4, -0.2) is 58.8 Å². The molecule has 0 aliphatic carbocycles. The molecule has 1 aliphatic rings. The Labute approximate surface area is 216 Å². The number of aromatic nitrogens is 2. The zero-order chi connectivity index (χ0) is 24.8. The van der Waals surface area contributed by atoms with Gasteiger partial charge in [-0.05, 0) is 55.2 Å². The van der Waals surface area contributed by atoms with Crippen molar-refractivity contribution in [2.45, 2.75) is 38.5 Å². The largest absolute Gasteiger partial charge is 0.493 e. The lowest BCUT2D eigenvalue weighted by molar-refractivity contribution is -0.0537. The third-order valence-corrected chi connectivity index (χ3v) is 6.90. The summed E-state index contributed by atoms with van der Waals surface area (Å²) >= 11 is 12.0. The topological polar surface area (TPSA) is 69.0 Å². The highest BCUT2D eigenvalue weighted by Crippen LogP contribution is 2.31. The van der Waals surface area contributed by atoms with Crippen molar-refractivity contribution in [2.24, 2.45) is 0 Å². The van der Waals surface area contributed by atoms with Crippen LogP contribution < -0.4 is 14.2 Å². The van der Waals surface area contributed by atoms with Gasteiger partial charge >= 0.3 is 0 Å². The van der Waals surface area contributed by atoms with Crippen molar-refractivity contribution in [1.82, 2.24) is 14.7 Å². The van der Waals surface area contributed by atoms with Crippen molar-refractivity contribution >= 4 is 23.2 Å². The fourth-order valence-electron chi connectivity index (χ4n) is 4.08. The van der Waals surface area contributed by atoms with Crippen LogP contribution in [0.5, 0.6) is 17.2 Å². The zero-order valence-electron chi connectivity index (χ0n) is 20.0. The van der Waals surface area contributed by atoms with Gasteiger partial charge in [0.2, 0.25) is 0 Å². The fraction of sp³-hybridized carbons (Fsp3) is 0.423. The molecule has 0 unspecified atom stereocenters. The van der Waals surface area contributed by atoms with Gasteiger partial charge in [0.1, 0.15) is 24.6 Å². The predicted molar refractivity (Wildman–Crippen MR) is 137 cm³/mol. The maximum Gasteiger partial charge on any atom is 0.161 e. The summed E-state index contributed by atoms with van der Waals surface area (Å²) in [4.78, 5) is 2.33. The average Bonchev–Trinajstić information content (AvgIpc) is 3.27. The molecular weight excluding hydrogens is 489 g/mol. The Morgan fingerprint density at radius 3 is 2.51 bits per heavy atom. The minimum Gasteiger partial charge on any atom is -0.493 e. The fourth-order valence-corrected chi connectivity index (χ4v) is 4.37. The maximum absolute atomic E-state index is 11.0. The standard InChI is InChI=1S/C26H31Cl2N3O4/c1-19-15-29-31(16-19)11-12-34-25-13-20(3-6-24(25)33-2)17-30-9-7-26(32,8-10-30)18-35-21-4-5-22(27)23(28)14-21/h3-6,13-16,32H,7-12,17-18H2,1-2H3. The van der Waals surface area contributed by atoms with Crippen molar-refractivity contribution in [3.63, 3.8) is 0 Å². The second-order valence-electron chi connectivity index (χ2n) is 8.98. The van der Waals surface area contributed by atoms with E-state index in [0.29, 0.717) is 47.5 Å². The lowest BCUT2D eigenvalue weighted by Gasteiger charge is -2.38. The number of aliphatic hydroxyl groups is 1. The van der Waals surface area contributed by atoms with Gasteiger partial charge in [0, 0.05) is 31.9 Å². The van der Waals surface area contributed by atoms with Crippen molar-refractivity contribution in [3.8, 4) is 17.2 Å². The zero-order valence-corrected chi connectivity index (χ0v) is 21.6. The summed E-state index contributed by atoms with van der Waals surface area (Å²) < 4.78 is 19.2. The van der Waals surface area contributed by atoms with Crippen LogP contribution in [0.25, 0.3) is 0 Å². The summed E-state index contributed by atoms with van der Waals surface area (Å²) in [7, 11) is 1.64. The number of methoxy groups -OCH3 is 1. The first kappa shape index (κ1) is 25.6. The van der Waals surface area contributed by atoms with E-state index in [1.807, 2.05) is 36.1 Å². The molecule has 1 aliphatic heterocycles. The molecule has 9 heteroatoms. The number of piperidine rings is 1. The van der Waals surface area contributed by atoms with Gasteiger partial charge in [0.15, 0.2) is 11.5 Å². The molecule has 7 nitrogen and oxygen atoms in total. The molecule has 2 heterocycles. The summed E-state index contributed by atoms with van der Waals surface area (Å²) in [6.07, 6.45) is 5.07. The van der Waals surface area contributed by atoms with Crippen LogP contribution in [0.3, 0.4) is 0 Å². The smallest absolute Gasteiger partial charge is 0.161 e. The number of aryl methyl sites for hydroxylation is 1. The molecule has 0 amide bonds. The summed E-state index contributed by atoms with van der Waals surface area (Å²) in [5.41, 5.74) is 1.38. The minimum absolute atomic E-state index is 0.217. The summed E-state index contributed by atoms with van der Waals surface area (Å²) in [6.45, 7) is 5.69. The molecule has 4 rings (SSSR count). The highest BCUT2D eigenvalue weighted by molar-refractivity contribution is 6.42. The van der Waals surface area contributed by atoms with Gasteiger partial charge in [-0.15, -0.1) is 0 Å². The van der Waals surface area contributed by atoms with E-state index < -0.39 is 5.60 Å². The number of ether oxygens (including phenoxy) is 3. The van der Waals surface area contributed by atoms with Crippen molar-refractivity contribution in [3.05, 3.63) is 70.0 Å². The maximum atomic E-state index is 11.0. The van der Waals surface area contributed by atoms with Gasteiger partial charge in [-0.1, -0.05) is 29.3 Å². The van der Waals surface area contributed by atoms with E-state index >= 15 is 0 Å². The first-order chi connectivity index (χ1) is 16.8. The number of likely N-dealkylation sites (tertiary alicyclic amines) is 1. The molecule has 0 saturated carbocycles. The van der Waals surface area contributed by atoms with Gasteiger partial charge in [0.25, 0.3) is 0 Å². The van der Waals surface area contributed by atoms with Gasteiger partial charge in [-0.3, -0.25) is 9.58 Å². The monoisotopic (exact) mass is 519 g/mol. The van der Waals surface area contributed by atoms with Crippen LogP contribution in [0, 0.1) is 6.92 Å². The van der Waals surface area contributed by atoms with Crippen LogP contribution >= 0.6 is 23.2 Å². The number of nitrogens with zero attached hydrogens (tertiary/aromatic N) is 3. The average molecular weight is 520 g/mol. The molecule has 0 spiro atoms. The summed E-state index contributed by atoms with van der Waals surface area (Å²) in [5, 5.41) is 16.2. The Bertz CT molecular complexity index is 1130. The number of halogens is 2. The van der Waals surface area contributed by atoms with Gasteiger partial charge in [-0.2, -0.15) is 5.10 Å². The molecule has 2 aromatic carbocycles. The first-order valence-corrected chi connectivity index (χ1v) is 12.4. The van der Waals surface area contributed by atoms with E-state index in [0.717, 1.165) is 36.5 Å². The van der Waals surface area contributed by atoms with Crippen LogP contribution in [-0.2, 0) is 13.1 Å². The molecule has 1 saturated heterocycles. The van der Waals surface area contributed by atoms with Crippen molar-refractivity contribution < 1.29 is 19.3 Å². The SMILES string of the molecule is COc1ccc(CN2CCC(O)(COc3ccc(Cl)c(Cl)c3)CC2)cc1OCCn1cc(C)cn1. The number of hydrogen-bond donors (Lipinski definition) is 1. The van der Waals surface area contributed by atoms with Crippen molar-refractivity contribution in [2.75, 3.05) is 33.4 Å². The lowest BCUT2D eigenvalue weighted by atomic mass is 9.92. The second-order valence-corrected chi connectivity index (χ2v) is 9.79. The molecule has 35 heavy (non-hydrogen) atoms. The minimum atomic E-state index is -0.873. The Morgan fingerprint density at radius 2 is 1.83 bits per heavy atom. The predicted octanol–water partition coefficient (Wildman–Crippen LogP) is 4.99. The quantitative estimate of drug-likeness (QED) is 0.406. The molecule has 1 N–H and O–H groups in total. The summed E-state index contributed by atoms with van der Waals surface area (Å²) in [6, 6.07) is 11.1. The van der Waals surface area contributed by atoms with E-state index in [-0.39, 0.29) is 6.61 Å². The van der Waals surface area contributed by atoms with Gasteiger partial charge in [-0.25, -0.2) is 0 Å². The normalized spacial score (nSPS) is 15.7. The van der Waals surface area contributed by atoms with Crippen molar-refractivity contribution in [1.29, 1.82) is 0 Å². The Hall–Kier alpha value is -2.45. The Morgan fingerprint density at radius 1 is 1.03 bits per heavy atom. The third kappa shape index (κ3) is 7.04. The third-order valence-electron chi connectivity index (χ3n) is 6.16. The molecule has 3 aromatic rings. The first-order valence-electron chi connectivity index (χ1n) is 11.6. The lowest BCUT2D eigenvalue weighted by Crippen LogP contribution is -2.47. The Balaban J connectivity index is 1.28. The van der Waals surface area contributed by atoms with Gasteiger partial charge < -0.3 is 19.3 Å². The van der Waals surface area contributed by atoms with E-state index in [9.17, 15) is 5.11 Å². The summed E-state index contributed by atoms with van der Waals surface area (Å²) in [5.74, 6) is 2.03. The number of rotatable bonds is 10.